The molecule has 64 valence electrons. The number of pyridine rings is 1. The van der Waals surface area contributed by atoms with Gasteiger partial charge >= 0.3 is 0 Å². The number of rotatable bonds is 3. The number of nitrogens with zero attached hydrogens (tertiary/aromatic N) is 1. The maximum Gasteiger partial charge on any atom is 0.0465 e. The Morgan fingerprint density at radius 2 is 2.42 bits per heavy atom. The third-order valence-corrected chi connectivity index (χ3v) is 1.53. The Kier molecular flexibility index (Phi) is 3.48. The Morgan fingerprint density at radius 1 is 1.58 bits per heavy atom. The zero-order valence-electron chi connectivity index (χ0n) is 7.20. The molecule has 0 aliphatic carbocycles. The van der Waals surface area contributed by atoms with Gasteiger partial charge in [-0.1, -0.05) is 12.2 Å². The topological polar surface area (TPSA) is 33.1 Å². The highest BCUT2D eigenvalue weighted by molar-refractivity contribution is 5.48. The van der Waals surface area contributed by atoms with Crippen LogP contribution < -0.4 is 0 Å². The van der Waals surface area contributed by atoms with E-state index in [0.717, 1.165) is 11.3 Å². The van der Waals surface area contributed by atoms with E-state index < -0.39 is 0 Å². The summed E-state index contributed by atoms with van der Waals surface area (Å²) in [5.74, 6) is 0. The second kappa shape index (κ2) is 4.67. The monoisotopic (exact) mass is 163 g/mol. The molecule has 0 saturated heterocycles. The van der Waals surface area contributed by atoms with Crippen molar-refractivity contribution in [1.82, 2.24) is 4.98 Å². The van der Waals surface area contributed by atoms with E-state index in [1.807, 2.05) is 31.2 Å². The average Bonchev–Trinajstić information content (AvgIpc) is 2.05. The van der Waals surface area contributed by atoms with Gasteiger partial charge < -0.3 is 5.11 Å². The van der Waals surface area contributed by atoms with Crippen molar-refractivity contribution in [2.45, 2.75) is 13.3 Å². The van der Waals surface area contributed by atoms with Crippen LogP contribution in [0.2, 0.25) is 0 Å². The molecule has 0 atom stereocenters. The van der Waals surface area contributed by atoms with Crippen molar-refractivity contribution in [3.05, 3.63) is 35.7 Å². The van der Waals surface area contributed by atoms with Crippen LogP contribution in [0.4, 0.5) is 0 Å². The van der Waals surface area contributed by atoms with Crippen molar-refractivity contribution in [2.24, 2.45) is 0 Å². The van der Waals surface area contributed by atoms with Crippen molar-refractivity contribution in [1.29, 1.82) is 0 Å². The molecule has 0 fully saturated rings. The summed E-state index contributed by atoms with van der Waals surface area (Å²) in [5, 5.41) is 8.54. The van der Waals surface area contributed by atoms with Gasteiger partial charge in [-0.25, -0.2) is 0 Å². The largest absolute Gasteiger partial charge is 0.396 e. The molecule has 0 bridgehead atoms. The van der Waals surface area contributed by atoms with Gasteiger partial charge in [-0.15, -0.1) is 0 Å². The lowest BCUT2D eigenvalue weighted by Gasteiger charge is -1.93. The van der Waals surface area contributed by atoms with Gasteiger partial charge in [0.15, 0.2) is 0 Å². The molecule has 1 heterocycles. The summed E-state index contributed by atoms with van der Waals surface area (Å²) in [4.78, 5) is 4.08. The van der Waals surface area contributed by atoms with Gasteiger partial charge in [0.25, 0.3) is 0 Å². The van der Waals surface area contributed by atoms with Crippen LogP contribution in [0.1, 0.15) is 17.7 Å². The summed E-state index contributed by atoms with van der Waals surface area (Å²) in [6, 6.07) is 3.95. The first-order valence-electron chi connectivity index (χ1n) is 4.03. The minimum atomic E-state index is 0.209. The van der Waals surface area contributed by atoms with Gasteiger partial charge in [0.2, 0.25) is 0 Å². The first-order chi connectivity index (χ1) is 5.83. The standard InChI is InChI=1S/C10H13NO/c1-9-8-10(5-6-11-9)4-2-3-7-12/h2,4-6,8,12H,3,7H2,1H3. The molecule has 0 aromatic carbocycles. The van der Waals surface area contributed by atoms with Crippen LogP contribution in [-0.2, 0) is 0 Å². The van der Waals surface area contributed by atoms with Crippen LogP contribution >= 0.6 is 0 Å². The predicted molar refractivity (Wildman–Crippen MR) is 49.7 cm³/mol. The number of aryl methyl sites for hydroxylation is 1. The normalized spacial score (nSPS) is 10.8. The summed E-state index contributed by atoms with van der Waals surface area (Å²) in [6.07, 6.45) is 6.44. The van der Waals surface area contributed by atoms with E-state index in [-0.39, 0.29) is 6.61 Å². The van der Waals surface area contributed by atoms with Gasteiger partial charge in [-0.3, -0.25) is 4.98 Å². The highest BCUT2D eigenvalue weighted by Gasteiger charge is 1.86. The molecular weight excluding hydrogens is 150 g/mol. The molecule has 1 rings (SSSR count). The molecule has 1 N–H and O–H groups in total. The number of hydrogen-bond acceptors (Lipinski definition) is 2. The third kappa shape index (κ3) is 2.84. The maximum absolute atomic E-state index is 8.54. The lowest BCUT2D eigenvalue weighted by atomic mass is 10.2. The quantitative estimate of drug-likeness (QED) is 0.736. The van der Waals surface area contributed by atoms with Gasteiger partial charge in [0, 0.05) is 18.5 Å². The molecule has 0 radical (unpaired) electrons. The van der Waals surface area contributed by atoms with Crippen LogP contribution in [0.25, 0.3) is 6.08 Å². The Morgan fingerprint density at radius 3 is 3.08 bits per heavy atom. The molecule has 0 amide bonds. The summed E-state index contributed by atoms with van der Waals surface area (Å²) in [7, 11) is 0. The zero-order valence-corrected chi connectivity index (χ0v) is 7.20. The Balaban J connectivity index is 2.63. The number of hydrogen-bond donors (Lipinski definition) is 1. The minimum Gasteiger partial charge on any atom is -0.396 e. The van der Waals surface area contributed by atoms with Crippen LogP contribution in [0.3, 0.4) is 0 Å². The second-order valence-electron chi connectivity index (χ2n) is 2.65. The lowest BCUT2D eigenvalue weighted by molar-refractivity contribution is 0.303. The van der Waals surface area contributed by atoms with Gasteiger partial charge in [0.05, 0.1) is 0 Å². The van der Waals surface area contributed by atoms with E-state index >= 15 is 0 Å². The van der Waals surface area contributed by atoms with Crippen molar-refractivity contribution < 1.29 is 5.11 Å². The van der Waals surface area contributed by atoms with E-state index in [2.05, 4.69) is 4.98 Å². The predicted octanol–water partition coefficient (Wildman–Crippen LogP) is 1.79. The SMILES string of the molecule is Cc1cc(C=CCCO)ccn1. The lowest BCUT2D eigenvalue weighted by Crippen LogP contribution is -1.81. The van der Waals surface area contributed by atoms with Gasteiger partial charge in [-0.2, -0.15) is 0 Å². The fraction of sp³-hybridized carbons (Fsp3) is 0.300. The highest BCUT2D eigenvalue weighted by Crippen LogP contribution is 2.03. The number of aliphatic hydroxyl groups is 1. The summed E-state index contributed by atoms with van der Waals surface area (Å²) >= 11 is 0. The molecule has 0 spiro atoms. The second-order valence-corrected chi connectivity index (χ2v) is 2.65. The molecule has 0 aliphatic heterocycles. The molecule has 1 aromatic heterocycles. The van der Waals surface area contributed by atoms with Crippen molar-refractivity contribution in [2.75, 3.05) is 6.61 Å². The highest BCUT2D eigenvalue weighted by atomic mass is 16.2. The Labute approximate surface area is 72.6 Å². The van der Waals surface area contributed by atoms with Crippen LogP contribution in [-0.4, -0.2) is 16.7 Å². The van der Waals surface area contributed by atoms with E-state index in [1.165, 1.54) is 0 Å². The smallest absolute Gasteiger partial charge is 0.0465 e. The Hall–Kier alpha value is -1.15. The van der Waals surface area contributed by atoms with E-state index in [1.54, 1.807) is 6.20 Å². The van der Waals surface area contributed by atoms with E-state index in [9.17, 15) is 0 Å². The van der Waals surface area contributed by atoms with E-state index in [4.69, 9.17) is 5.11 Å². The first kappa shape index (κ1) is 8.94. The molecule has 2 heteroatoms. The average molecular weight is 163 g/mol. The maximum atomic E-state index is 8.54. The van der Waals surface area contributed by atoms with Crippen LogP contribution in [0, 0.1) is 6.92 Å². The molecule has 1 aromatic rings. The zero-order chi connectivity index (χ0) is 8.81. The third-order valence-electron chi connectivity index (χ3n) is 1.53. The molecule has 0 unspecified atom stereocenters. The molecule has 0 aliphatic rings. The van der Waals surface area contributed by atoms with Crippen molar-refractivity contribution >= 4 is 6.08 Å². The Bertz CT molecular complexity index is 268. The minimum absolute atomic E-state index is 0.209. The van der Waals surface area contributed by atoms with Crippen molar-refractivity contribution in [3.63, 3.8) is 0 Å². The van der Waals surface area contributed by atoms with Crippen molar-refractivity contribution in [3.8, 4) is 0 Å². The molecule has 2 nitrogen and oxygen atoms in total. The summed E-state index contributed by atoms with van der Waals surface area (Å²) < 4.78 is 0. The van der Waals surface area contributed by atoms with Crippen LogP contribution in [0.15, 0.2) is 24.4 Å². The van der Waals surface area contributed by atoms with Gasteiger partial charge in [-0.05, 0) is 31.0 Å². The summed E-state index contributed by atoms with van der Waals surface area (Å²) in [5.41, 5.74) is 2.15. The fourth-order valence-corrected chi connectivity index (χ4v) is 0.965. The molecule has 12 heavy (non-hydrogen) atoms. The first-order valence-corrected chi connectivity index (χ1v) is 4.03. The number of aliphatic hydroxyl groups excluding tert-OH is 1. The van der Waals surface area contributed by atoms with Gasteiger partial charge in [0.1, 0.15) is 0 Å². The fourth-order valence-electron chi connectivity index (χ4n) is 0.965. The van der Waals surface area contributed by atoms with E-state index in [0.29, 0.717) is 6.42 Å². The number of aromatic nitrogens is 1. The molecule has 0 saturated carbocycles. The molecular formula is C10H13NO. The summed E-state index contributed by atoms with van der Waals surface area (Å²) in [6.45, 7) is 2.17. The van der Waals surface area contributed by atoms with Crippen LogP contribution in [0.5, 0.6) is 0 Å².